The molecule has 0 spiro atoms. The van der Waals surface area contributed by atoms with E-state index in [-0.39, 0.29) is 0 Å². The van der Waals surface area contributed by atoms with E-state index < -0.39 is 0 Å². The molecule has 0 bridgehead atoms. The third-order valence-electron chi connectivity index (χ3n) is 3.32. The van der Waals surface area contributed by atoms with Gasteiger partial charge < -0.3 is 4.90 Å². The van der Waals surface area contributed by atoms with E-state index in [1.165, 1.54) is 18.4 Å². The van der Waals surface area contributed by atoms with Gasteiger partial charge in [-0.1, -0.05) is 28.1 Å². The van der Waals surface area contributed by atoms with Crippen LogP contribution in [-0.4, -0.2) is 31.3 Å². The monoisotopic (exact) mass is 281 g/mol. The number of carbonyl (C=O) groups is 1. The lowest BCUT2D eigenvalue weighted by atomic mass is 9.89. The summed E-state index contributed by atoms with van der Waals surface area (Å²) in [5.74, 6) is 0.631. The third kappa shape index (κ3) is 2.53. The fraction of sp³-hybridized carbons (Fsp3) is 0.462. The molecular formula is C13H16BrNO. The van der Waals surface area contributed by atoms with Gasteiger partial charge in [-0.3, -0.25) is 4.79 Å². The Balaban J connectivity index is 2.17. The topological polar surface area (TPSA) is 20.3 Å². The fourth-order valence-corrected chi connectivity index (χ4v) is 2.99. The predicted molar refractivity (Wildman–Crippen MR) is 69.0 cm³/mol. The first-order valence-corrected chi connectivity index (χ1v) is 6.43. The molecule has 1 fully saturated rings. The van der Waals surface area contributed by atoms with Gasteiger partial charge in [0, 0.05) is 10.0 Å². The van der Waals surface area contributed by atoms with E-state index in [9.17, 15) is 4.79 Å². The Kier molecular flexibility index (Phi) is 3.77. The number of piperidine rings is 1. The first-order valence-electron chi connectivity index (χ1n) is 5.64. The smallest absolute Gasteiger partial charge is 0.150 e. The maximum absolute atomic E-state index is 10.7. The Morgan fingerprint density at radius 1 is 1.38 bits per heavy atom. The van der Waals surface area contributed by atoms with E-state index >= 15 is 0 Å². The molecule has 0 unspecified atom stereocenters. The molecule has 1 aromatic rings. The van der Waals surface area contributed by atoms with Crippen LogP contribution in [0.4, 0.5) is 0 Å². The highest BCUT2D eigenvalue weighted by atomic mass is 79.9. The van der Waals surface area contributed by atoms with Gasteiger partial charge in [-0.25, -0.2) is 0 Å². The SMILES string of the molecule is CN1CCC(c2ccc(C=O)cc2Br)CC1. The van der Waals surface area contributed by atoms with Crippen LogP contribution < -0.4 is 0 Å². The van der Waals surface area contributed by atoms with Crippen molar-refractivity contribution in [3.05, 3.63) is 33.8 Å². The van der Waals surface area contributed by atoms with Crippen molar-refractivity contribution in [1.29, 1.82) is 0 Å². The van der Waals surface area contributed by atoms with Crippen molar-refractivity contribution < 1.29 is 4.79 Å². The molecule has 2 nitrogen and oxygen atoms in total. The van der Waals surface area contributed by atoms with E-state index in [1.54, 1.807) is 0 Å². The van der Waals surface area contributed by atoms with Crippen molar-refractivity contribution in [1.82, 2.24) is 4.90 Å². The van der Waals surface area contributed by atoms with Crippen molar-refractivity contribution in [2.45, 2.75) is 18.8 Å². The molecule has 0 saturated carbocycles. The molecule has 0 amide bonds. The molecule has 0 N–H and O–H groups in total. The number of likely N-dealkylation sites (tertiary alicyclic amines) is 1. The van der Waals surface area contributed by atoms with Crippen LogP contribution >= 0.6 is 15.9 Å². The van der Waals surface area contributed by atoms with Gasteiger partial charge in [0.25, 0.3) is 0 Å². The van der Waals surface area contributed by atoms with E-state index in [0.717, 1.165) is 29.4 Å². The summed E-state index contributed by atoms with van der Waals surface area (Å²) in [6.07, 6.45) is 3.30. The van der Waals surface area contributed by atoms with Gasteiger partial charge in [0.05, 0.1) is 0 Å². The summed E-state index contributed by atoms with van der Waals surface area (Å²) >= 11 is 3.57. The summed E-state index contributed by atoms with van der Waals surface area (Å²) in [5, 5.41) is 0. The number of aldehydes is 1. The lowest BCUT2D eigenvalue weighted by molar-refractivity contribution is 0.112. The van der Waals surface area contributed by atoms with Gasteiger partial charge >= 0.3 is 0 Å². The van der Waals surface area contributed by atoms with Crippen LogP contribution in [0.5, 0.6) is 0 Å². The zero-order valence-electron chi connectivity index (χ0n) is 9.45. The minimum atomic E-state index is 0.631. The summed E-state index contributed by atoms with van der Waals surface area (Å²) in [7, 11) is 2.17. The predicted octanol–water partition coefficient (Wildman–Crippen LogP) is 3.07. The molecule has 0 radical (unpaired) electrons. The van der Waals surface area contributed by atoms with Gasteiger partial charge in [-0.15, -0.1) is 0 Å². The van der Waals surface area contributed by atoms with Crippen molar-refractivity contribution in [3.8, 4) is 0 Å². The maximum Gasteiger partial charge on any atom is 0.150 e. The van der Waals surface area contributed by atoms with Gasteiger partial charge in [0.2, 0.25) is 0 Å². The molecule has 16 heavy (non-hydrogen) atoms. The lowest BCUT2D eigenvalue weighted by Crippen LogP contribution is -2.29. The average Bonchev–Trinajstić information content (AvgIpc) is 2.30. The Morgan fingerprint density at radius 3 is 2.62 bits per heavy atom. The van der Waals surface area contributed by atoms with Gasteiger partial charge in [-0.2, -0.15) is 0 Å². The van der Waals surface area contributed by atoms with Crippen molar-refractivity contribution in [3.63, 3.8) is 0 Å². The number of hydrogen-bond donors (Lipinski definition) is 0. The molecule has 0 aliphatic carbocycles. The van der Waals surface area contributed by atoms with E-state index in [0.29, 0.717) is 5.92 Å². The minimum absolute atomic E-state index is 0.631. The van der Waals surface area contributed by atoms with Crippen molar-refractivity contribution in [2.75, 3.05) is 20.1 Å². The fourth-order valence-electron chi connectivity index (χ4n) is 2.27. The molecule has 3 heteroatoms. The summed E-state index contributed by atoms with van der Waals surface area (Å²) < 4.78 is 1.08. The second kappa shape index (κ2) is 5.11. The standard InChI is InChI=1S/C13H16BrNO/c1-15-6-4-11(5-7-15)12-3-2-10(9-16)8-13(12)14/h2-3,8-9,11H,4-7H2,1H3. The number of rotatable bonds is 2. The van der Waals surface area contributed by atoms with Crippen LogP contribution in [0.25, 0.3) is 0 Å². The number of hydrogen-bond acceptors (Lipinski definition) is 2. The number of carbonyl (C=O) groups excluding carboxylic acids is 1. The second-order valence-electron chi connectivity index (χ2n) is 4.48. The van der Waals surface area contributed by atoms with Crippen molar-refractivity contribution in [2.24, 2.45) is 0 Å². The second-order valence-corrected chi connectivity index (χ2v) is 5.33. The van der Waals surface area contributed by atoms with Crippen LogP contribution in [0.1, 0.15) is 34.7 Å². The van der Waals surface area contributed by atoms with Crippen LogP contribution in [0, 0.1) is 0 Å². The van der Waals surface area contributed by atoms with E-state index in [1.807, 2.05) is 12.1 Å². The minimum Gasteiger partial charge on any atom is -0.306 e. The molecule has 0 aromatic heterocycles. The number of halogens is 1. The highest BCUT2D eigenvalue weighted by molar-refractivity contribution is 9.10. The van der Waals surface area contributed by atoms with Crippen LogP contribution in [0.3, 0.4) is 0 Å². The Labute approximate surface area is 105 Å². The summed E-state index contributed by atoms with van der Waals surface area (Å²) in [6.45, 7) is 2.32. The molecular weight excluding hydrogens is 266 g/mol. The molecule has 2 rings (SSSR count). The van der Waals surface area contributed by atoms with Crippen molar-refractivity contribution >= 4 is 22.2 Å². The van der Waals surface area contributed by atoms with Gasteiger partial charge in [-0.05, 0) is 50.5 Å². The average molecular weight is 282 g/mol. The zero-order chi connectivity index (χ0) is 11.5. The molecule has 1 aliphatic rings. The molecule has 1 aliphatic heterocycles. The summed E-state index contributed by atoms with van der Waals surface area (Å²) in [5.41, 5.74) is 2.09. The Bertz CT molecular complexity index is 384. The number of benzene rings is 1. The molecule has 1 aromatic carbocycles. The molecule has 1 saturated heterocycles. The first-order chi connectivity index (χ1) is 7.70. The maximum atomic E-state index is 10.7. The Hall–Kier alpha value is -0.670. The summed E-state index contributed by atoms with van der Waals surface area (Å²) in [4.78, 5) is 13.0. The van der Waals surface area contributed by atoms with E-state index in [2.05, 4.69) is 33.9 Å². The quantitative estimate of drug-likeness (QED) is 0.777. The van der Waals surface area contributed by atoms with E-state index in [4.69, 9.17) is 0 Å². The van der Waals surface area contributed by atoms with Crippen LogP contribution in [0.2, 0.25) is 0 Å². The Morgan fingerprint density at radius 2 is 2.06 bits per heavy atom. The largest absolute Gasteiger partial charge is 0.306 e. The van der Waals surface area contributed by atoms with Gasteiger partial charge in [0.15, 0.2) is 0 Å². The highest BCUT2D eigenvalue weighted by Gasteiger charge is 2.20. The van der Waals surface area contributed by atoms with Crippen LogP contribution in [-0.2, 0) is 0 Å². The molecule has 0 atom stereocenters. The molecule has 86 valence electrons. The first kappa shape index (κ1) is 11.8. The summed E-state index contributed by atoms with van der Waals surface area (Å²) in [6, 6.07) is 5.91. The zero-order valence-corrected chi connectivity index (χ0v) is 11.0. The van der Waals surface area contributed by atoms with Crippen LogP contribution in [0.15, 0.2) is 22.7 Å². The molecule has 1 heterocycles. The lowest BCUT2D eigenvalue weighted by Gasteiger charge is -2.29. The highest BCUT2D eigenvalue weighted by Crippen LogP contribution is 2.32. The third-order valence-corrected chi connectivity index (χ3v) is 4.01. The van der Waals surface area contributed by atoms with Gasteiger partial charge in [0.1, 0.15) is 6.29 Å². The number of nitrogens with zero attached hydrogens (tertiary/aromatic N) is 1. The normalized spacial score (nSPS) is 18.6.